The second-order valence-electron chi connectivity index (χ2n) is 12.7. The number of likely N-dealkylation sites (tertiary alicyclic amines) is 1. The van der Waals surface area contributed by atoms with Crippen LogP contribution >= 0.6 is 11.6 Å². The number of aromatic nitrogens is 3. The van der Waals surface area contributed by atoms with Gasteiger partial charge in [-0.15, -0.1) is 0 Å². The van der Waals surface area contributed by atoms with E-state index in [2.05, 4.69) is 27.0 Å². The highest BCUT2D eigenvalue weighted by atomic mass is 35.5. The van der Waals surface area contributed by atoms with Crippen LogP contribution in [0.3, 0.4) is 0 Å². The number of H-pyrrole nitrogens is 1. The highest BCUT2D eigenvalue weighted by Gasteiger charge is 2.38. The quantitative estimate of drug-likeness (QED) is 0.175. The van der Waals surface area contributed by atoms with E-state index in [-0.39, 0.29) is 17.9 Å². The number of alkyl carbamates (subject to hydrolysis) is 1. The van der Waals surface area contributed by atoms with Crippen LogP contribution in [0.5, 0.6) is 17.2 Å². The van der Waals surface area contributed by atoms with E-state index in [1.807, 2.05) is 62.4 Å². The Morgan fingerprint density at radius 3 is 2.51 bits per heavy atom. The number of carbonyl (C=O) groups excluding carboxylic acids is 2. The maximum Gasteiger partial charge on any atom is 0.407 e. The van der Waals surface area contributed by atoms with Crippen molar-refractivity contribution in [2.75, 3.05) is 27.9 Å². The molecule has 0 spiro atoms. The van der Waals surface area contributed by atoms with E-state index in [9.17, 15) is 9.59 Å². The van der Waals surface area contributed by atoms with Gasteiger partial charge in [-0.3, -0.25) is 4.79 Å². The Balaban J connectivity index is 1.24. The molecular weight excluding hydrogens is 646 g/mol. The van der Waals surface area contributed by atoms with Gasteiger partial charge in [0.25, 0.3) is 0 Å². The summed E-state index contributed by atoms with van der Waals surface area (Å²) >= 11 is 6.41. The molecule has 12 heteroatoms. The number of nitrogens with one attached hydrogen (secondary N) is 2. The van der Waals surface area contributed by atoms with Crippen LogP contribution in [0.4, 0.5) is 4.79 Å². The lowest BCUT2D eigenvalue weighted by Crippen LogP contribution is -2.51. The largest absolute Gasteiger partial charge is 0.497 e. The number of imidazole rings is 1. The molecule has 5 aromatic rings. The van der Waals surface area contributed by atoms with E-state index in [0.717, 1.165) is 51.8 Å². The Morgan fingerprint density at radius 1 is 1.02 bits per heavy atom. The van der Waals surface area contributed by atoms with Crippen LogP contribution < -0.4 is 19.5 Å². The maximum atomic E-state index is 13.6. The van der Waals surface area contributed by atoms with E-state index in [1.165, 1.54) is 7.11 Å². The van der Waals surface area contributed by atoms with Crippen LogP contribution in [-0.4, -0.2) is 65.4 Å². The minimum Gasteiger partial charge on any atom is -0.497 e. The first-order valence-electron chi connectivity index (χ1n) is 16.2. The van der Waals surface area contributed by atoms with Gasteiger partial charge in [-0.1, -0.05) is 31.5 Å². The van der Waals surface area contributed by atoms with Gasteiger partial charge in [0, 0.05) is 39.7 Å². The van der Waals surface area contributed by atoms with Crippen LogP contribution in [0, 0.1) is 5.92 Å². The van der Waals surface area contributed by atoms with Crippen molar-refractivity contribution in [3.8, 4) is 39.8 Å². The molecule has 0 aliphatic carbocycles. The lowest BCUT2D eigenvalue weighted by atomic mass is 10.0. The standard InChI is InChI=1S/C37H38ClN5O6/c1-20(2)33(41-37(45)48-5)35(44)42-12-6-7-30(42)34-39-19-28(40-34)21-8-10-27-31-16-22-13-24(38)9-11-29(22)43(31)36(49-32(27)17-21)23-14-25(46-3)18-26(15-23)47-4/h8-11,13-20,30,33,36H,6-7,12H2,1-5H3,(H,39,40)(H,41,45)/t30?,33-,36?/m0/s1. The molecule has 1 saturated heterocycles. The number of halogens is 1. The van der Waals surface area contributed by atoms with Crippen molar-refractivity contribution >= 4 is 34.5 Å². The van der Waals surface area contributed by atoms with E-state index < -0.39 is 18.4 Å². The summed E-state index contributed by atoms with van der Waals surface area (Å²) in [7, 11) is 4.54. The Kier molecular flexibility index (Phi) is 8.62. The predicted octanol–water partition coefficient (Wildman–Crippen LogP) is 7.35. The zero-order chi connectivity index (χ0) is 34.4. The summed E-state index contributed by atoms with van der Waals surface area (Å²) in [5.41, 5.74) is 5.45. The summed E-state index contributed by atoms with van der Waals surface area (Å²) in [6, 6.07) is 18.9. The Bertz CT molecular complexity index is 2030. The van der Waals surface area contributed by atoms with Crippen LogP contribution in [0.15, 0.2) is 66.9 Å². The highest BCUT2D eigenvalue weighted by Crippen LogP contribution is 2.46. The van der Waals surface area contributed by atoms with E-state index in [4.69, 9.17) is 35.5 Å². The Hall–Kier alpha value is -5.16. The molecule has 2 aromatic heterocycles. The first-order valence-corrected chi connectivity index (χ1v) is 16.6. The van der Waals surface area contributed by atoms with Gasteiger partial charge in [0.15, 0.2) is 0 Å². The molecule has 11 nitrogen and oxygen atoms in total. The van der Waals surface area contributed by atoms with Crippen LogP contribution in [0.2, 0.25) is 5.02 Å². The van der Waals surface area contributed by atoms with E-state index in [0.29, 0.717) is 34.6 Å². The second kappa shape index (κ2) is 13.0. The summed E-state index contributed by atoms with van der Waals surface area (Å²) in [6.07, 6.45) is 2.22. The van der Waals surface area contributed by atoms with Gasteiger partial charge in [0.2, 0.25) is 12.1 Å². The van der Waals surface area contributed by atoms with E-state index >= 15 is 0 Å². The minimum atomic E-state index is -0.704. The normalized spacial score (nSPS) is 17.3. The number of amides is 2. The van der Waals surface area contributed by atoms with Gasteiger partial charge in [0.1, 0.15) is 29.1 Å². The molecule has 4 heterocycles. The van der Waals surface area contributed by atoms with Crippen molar-refractivity contribution in [1.82, 2.24) is 24.8 Å². The minimum absolute atomic E-state index is 0.118. The first-order chi connectivity index (χ1) is 23.7. The lowest BCUT2D eigenvalue weighted by Gasteiger charge is -2.31. The maximum absolute atomic E-state index is 13.6. The average Bonchev–Trinajstić information content (AvgIpc) is 3.88. The monoisotopic (exact) mass is 683 g/mol. The number of methoxy groups -OCH3 is 3. The Morgan fingerprint density at radius 2 is 1.80 bits per heavy atom. The molecule has 0 radical (unpaired) electrons. The highest BCUT2D eigenvalue weighted by molar-refractivity contribution is 6.31. The molecule has 7 rings (SSSR count). The van der Waals surface area contributed by atoms with Crippen LogP contribution in [0.1, 0.15) is 50.3 Å². The number of ether oxygens (including phenoxy) is 4. The van der Waals surface area contributed by atoms with Crippen molar-refractivity contribution in [3.63, 3.8) is 0 Å². The SMILES string of the molecule is COC(=O)N[C@H](C(=O)N1CCCC1c1ncc(-c2ccc3c(c2)OC(c2cc(OC)cc(OC)c2)n2c-3cc3cc(Cl)ccc32)[nH]1)C(C)C. The van der Waals surface area contributed by atoms with Gasteiger partial charge < -0.3 is 38.7 Å². The summed E-state index contributed by atoms with van der Waals surface area (Å²) in [5, 5.41) is 4.36. The molecule has 2 unspecified atom stereocenters. The van der Waals surface area contributed by atoms with Gasteiger partial charge in [0.05, 0.1) is 50.5 Å². The molecule has 2 aliphatic rings. The first kappa shape index (κ1) is 32.4. The summed E-state index contributed by atoms with van der Waals surface area (Å²) in [6.45, 7) is 4.38. The van der Waals surface area contributed by atoms with Gasteiger partial charge in [-0.05, 0) is 67.3 Å². The Labute approximate surface area is 289 Å². The number of benzene rings is 3. The molecule has 0 bridgehead atoms. The van der Waals surface area contributed by atoms with Crippen molar-refractivity contribution in [1.29, 1.82) is 0 Å². The van der Waals surface area contributed by atoms with Crippen molar-refractivity contribution in [2.45, 2.75) is 45.0 Å². The number of hydrogen-bond acceptors (Lipinski definition) is 7. The molecule has 2 amide bonds. The topological polar surface area (TPSA) is 120 Å². The van der Waals surface area contributed by atoms with Gasteiger partial charge in [-0.2, -0.15) is 0 Å². The molecule has 254 valence electrons. The lowest BCUT2D eigenvalue weighted by molar-refractivity contribution is -0.135. The molecule has 0 saturated carbocycles. The van der Waals surface area contributed by atoms with Crippen LogP contribution in [0.25, 0.3) is 33.4 Å². The van der Waals surface area contributed by atoms with E-state index in [1.54, 1.807) is 25.3 Å². The zero-order valence-corrected chi connectivity index (χ0v) is 28.7. The third-order valence-electron chi connectivity index (χ3n) is 9.34. The third-order valence-corrected chi connectivity index (χ3v) is 9.58. The second-order valence-corrected chi connectivity index (χ2v) is 13.1. The van der Waals surface area contributed by atoms with Crippen LogP contribution in [-0.2, 0) is 9.53 Å². The third kappa shape index (κ3) is 5.92. The smallest absolute Gasteiger partial charge is 0.407 e. The number of aromatic amines is 1. The number of rotatable bonds is 8. The molecule has 49 heavy (non-hydrogen) atoms. The summed E-state index contributed by atoms with van der Waals surface area (Å²) in [5.74, 6) is 2.44. The number of carbonyl (C=O) groups is 2. The summed E-state index contributed by atoms with van der Waals surface area (Å²) < 4.78 is 25.0. The molecule has 1 fully saturated rings. The average molecular weight is 684 g/mol. The molecule has 3 atom stereocenters. The predicted molar refractivity (Wildman–Crippen MR) is 186 cm³/mol. The number of hydrogen-bond donors (Lipinski definition) is 2. The van der Waals surface area contributed by atoms with Gasteiger partial charge in [-0.25, -0.2) is 9.78 Å². The van der Waals surface area contributed by atoms with Crippen molar-refractivity contribution in [2.24, 2.45) is 5.92 Å². The fraction of sp³-hybridized carbons (Fsp3) is 0.324. The fourth-order valence-electron chi connectivity index (χ4n) is 6.87. The zero-order valence-electron chi connectivity index (χ0n) is 28.0. The van der Waals surface area contributed by atoms with Gasteiger partial charge >= 0.3 is 6.09 Å². The molecule has 2 aliphatic heterocycles. The fourth-order valence-corrected chi connectivity index (χ4v) is 7.05. The molecular formula is C37H38ClN5O6. The van der Waals surface area contributed by atoms with Crippen molar-refractivity contribution in [3.05, 3.63) is 83.3 Å². The van der Waals surface area contributed by atoms with Crippen molar-refractivity contribution < 1.29 is 28.5 Å². The summed E-state index contributed by atoms with van der Waals surface area (Å²) in [4.78, 5) is 35.6. The number of fused-ring (bicyclic) bond motifs is 5. The molecule has 2 N–H and O–H groups in total. The molecule has 3 aromatic carbocycles. The number of nitrogens with zero attached hydrogens (tertiary/aromatic N) is 3.